The molecule has 0 spiro atoms. The third kappa shape index (κ3) is 0.458. The zero-order chi connectivity index (χ0) is 6.70. The molecule has 2 rings (SSSR count). The SMILES string of the molecule is [B]CC12[B]C1(C(C)C)[B]2. The molecular formula is C6H9B3. The second-order valence-electron chi connectivity index (χ2n) is 3.62. The molecule has 0 amide bonds. The van der Waals surface area contributed by atoms with Gasteiger partial charge in [-0.15, -0.1) is 0 Å². The molecule has 3 heteroatoms. The summed E-state index contributed by atoms with van der Waals surface area (Å²) in [5.74, 6) is 0.765. The van der Waals surface area contributed by atoms with Gasteiger partial charge in [0.05, 0.1) is 7.85 Å². The third-order valence-electron chi connectivity index (χ3n) is 2.93. The van der Waals surface area contributed by atoms with Crippen molar-refractivity contribution < 1.29 is 0 Å². The van der Waals surface area contributed by atoms with Crippen LogP contribution in [-0.4, -0.2) is 22.4 Å². The van der Waals surface area contributed by atoms with E-state index in [1.165, 1.54) is 0 Å². The summed E-state index contributed by atoms with van der Waals surface area (Å²) in [6, 6.07) is 0. The van der Waals surface area contributed by atoms with Gasteiger partial charge in [0.2, 0.25) is 0 Å². The second-order valence-corrected chi connectivity index (χ2v) is 3.62. The lowest BCUT2D eigenvalue weighted by Crippen LogP contribution is -2.02. The predicted octanol–water partition coefficient (Wildman–Crippen LogP) is 0.897. The maximum Gasteiger partial charge on any atom is 0.103 e. The summed E-state index contributed by atoms with van der Waals surface area (Å²) in [6.45, 7) is 4.52. The maximum absolute atomic E-state index is 5.57. The average Bonchev–Trinajstić information content (AvgIpc) is 2.45. The Balaban J connectivity index is 2.06. The largest absolute Gasteiger partial charge is 0.103 e. The smallest absolute Gasteiger partial charge is 0.0988 e. The molecule has 0 bridgehead atoms. The number of hydrogen-bond acceptors (Lipinski definition) is 0. The molecule has 0 aliphatic carbocycles. The van der Waals surface area contributed by atoms with Crippen molar-refractivity contribution in [2.75, 3.05) is 0 Å². The number of hydrogen-bond donors (Lipinski definition) is 0. The minimum atomic E-state index is 0.404. The molecule has 2 fully saturated rings. The van der Waals surface area contributed by atoms with Crippen LogP contribution in [-0.2, 0) is 0 Å². The minimum absolute atomic E-state index is 0.404. The van der Waals surface area contributed by atoms with Crippen LogP contribution in [0, 0.1) is 5.92 Å². The van der Waals surface area contributed by atoms with E-state index in [0.717, 1.165) is 12.2 Å². The van der Waals surface area contributed by atoms with Crippen molar-refractivity contribution in [3.8, 4) is 0 Å². The van der Waals surface area contributed by atoms with E-state index in [1.807, 2.05) is 0 Å². The molecule has 0 unspecified atom stereocenters. The predicted molar refractivity (Wildman–Crippen MR) is 42.3 cm³/mol. The lowest BCUT2D eigenvalue weighted by molar-refractivity contribution is 0.628. The molecule has 0 aromatic rings. The van der Waals surface area contributed by atoms with Crippen molar-refractivity contribution in [1.29, 1.82) is 0 Å². The van der Waals surface area contributed by atoms with Gasteiger partial charge in [-0.1, -0.05) is 36.5 Å². The van der Waals surface area contributed by atoms with E-state index in [2.05, 4.69) is 28.4 Å². The van der Waals surface area contributed by atoms with E-state index in [0.29, 0.717) is 10.4 Å². The quantitative estimate of drug-likeness (QED) is 0.467. The molecule has 9 heavy (non-hydrogen) atoms. The summed E-state index contributed by atoms with van der Waals surface area (Å²) in [5, 5.41) is 0.892. The van der Waals surface area contributed by atoms with E-state index in [9.17, 15) is 0 Å². The summed E-state index contributed by atoms with van der Waals surface area (Å²) in [7, 11) is 10.3. The van der Waals surface area contributed by atoms with Crippen molar-refractivity contribution in [1.82, 2.24) is 0 Å². The molecule has 2 aliphatic rings. The van der Waals surface area contributed by atoms with Gasteiger partial charge in [-0.25, -0.2) is 0 Å². The highest BCUT2D eigenvalue weighted by molar-refractivity contribution is 7.05. The van der Waals surface area contributed by atoms with Crippen molar-refractivity contribution in [2.24, 2.45) is 5.92 Å². The lowest BCUT2D eigenvalue weighted by atomic mass is 9.47. The van der Waals surface area contributed by atoms with Gasteiger partial charge in [0.1, 0.15) is 14.6 Å². The fourth-order valence-corrected chi connectivity index (χ4v) is 1.93. The van der Waals surface area contributed by atoms with E-state index < -0.39 is 0 Å². The van der Waals surface area contributed by atoms with Gasteiger partial charge in [0.15, 0.2) is 0 Å². The van der Waals surface area contributed by atoms with Crippen LogP contribution < -0.4 is 0 Å². The maximum atomic E-state index is 5.57. The van der Waals surface area contributed by atoms with Crippen LogP contribution in [0.1, 0.15) is 13.8 Å². The van der Waals surface area contributed by atoms with Crippen molar-refractivity contribution >= 4 is 22.4 Å². The monoisotopic (exact) mass is 114 g/mol. The molecule has 0 aromatic carbocycles. The van der Waals surface area contributed by atoms with Crippen molar-refractivity contribution in [2.45, 2.75) is 30.6 Å². The molecule has 2 heterocycles. The Morgan fingerprint density at radius 2 is 2.00 bits per heavy atom. The van der Waals surface area contributed by atoms with Crippen LogP contribution in [0.4, 0.5) is 0 Å². The van der Waals surface area contributed by atoms with Crippen LogP contribution in [0.3, 0.4) is 0 Å². The summed E-state index contributed by atoms with van der Waals surface area (Å²) < 4.78 is 0. The molecule has 2 saturated heterocycles. The van der Waals surface area contributed by atoms with Gasteiger partial charge >= 0.3 is 0 Å². The Bertz CT molecular complexity index is 146. The minimum Gasteiger partial charge on any atom is -0.0988 e. The molecular weight excluding hydrogens is 105 g/mol. The highest BCUT2D eigenvalue weighted by atomic mass is 14.6. The van der Waals surface area contributed by atoms with Crippen LogP contribution in [0.5, 0.6) is 0 Å². The molecule has 0 saturated carbocycles. The van der Waals surface area contributed by atoms with E-state index in [-0.39, 0.29) is 0 Å². The highest BCUT2D eigenvalue weighted by Crippen LogP contribution is 2.89. The summed E-state index contributed by atoms with van der Waals surface area (Å²) in [4.78, 5) is 0. The van der Waals surface area contributed by atoms with Crippen LogP contribution in [0.25, 0.3) is 0 Å². The Morgan fingerprint density at radius 1 is 1.44 bits per heavy atom. The first-order valence-corrected chi connectivity index (χ1v) is 3.61. The normalized spacial score (nSPS) is 51.4. The summed E-state index contributed by atoms with van der Waals surface area (Å²) in [5.41, 5.74) is 0. The zero-order valence-electron chi connectivity index (χ0n) is 6.02. The second kappa shape index (κ2) is 1.28. The highest BCUT2D eigenvalue weighted by Gasteiger charge is 2.81. The van der Waals surface area contributed by atoms with E-state index >= 15 is 0 Å². The molecule has 4 radical (unpaired) electrons. The van der Waals surface area contributed by atoms with Gasteiger partial charge < -0.3 is 0 Å². The zero-order valence-corrected chi connectivity index (χ0v) is 6.02. The Kier molecular flexibility index (Phi) is 0.846. The van der Waals surface area contributed by atoms with Gasteiger partial charge in [-0.3, -0.25) is 0 Å². The molecule has 0 N–H and O–H groups in total. The molecule has 42 valence electrons. The lowest BCUT2D eigenvalue weighted by Gasteiger charge is -2.05. The van der Waals surface area contributed by atoms with Gasteiger partial charge in [0.25, 0.3) is 0 Å². The average molecular weight is 114 g/mol. The molecule has 0 nitrogen and oxygen atoms in total. The summed E-state index contributed by atoms with van der Waals surface area (Å²) in [6.07, 6.45) is 0.825. The Hall–Kier alpha value is 0.195. The first-order valence-electron chi connectivity index (χ1n) is 3.61. The van der Waals surface area contributed by atoms with E-state index in [4.69, 9.17) is 7.85 Å². The van der Waals surface area contributed by atoms with Crippen LogP contribution >= 0.6 is 0 Å². The van der Waals surface area contributed by atoms with Gasteiger partial charge in [-0.05, 0) is 0 Å². The molecule has 0 atom stereocenters. The first kappa shape index (κ1) is 5.94. The topological polar surface area (TPSA) is 0 Å². The molecule has 2 aliphatic heterocycles. The third-order valence-corrected chi connectivity index (χ3v) is 2.93. The summed E-state index contributed by atoms with van der Waals surface area (Å²) >= 11 is 0. The van der Waals surface area contributed by atoms with Gasteiger partial charge in [0, 0.05) is 0 Å². The number of fused-ring (bicyclic) bond motifs is 1. The Labute approximate surface area is 59.7 Å². The fraction of sp³-hybridized carbons (Fsp3) is 1.00. The van der Waals surface area contributed by atoms with Crippen LogP contribution in [0.2, 0.25) is 16.7 Å². The number of rotatable bonds is 2. The molecule has 0 aromatic heterocycles. The van der Waals surface area contributed by atoms with Crippen molar-refractivity contribution in [3.63, 3.8) is 0 Å². The van der Waals surface area contributed by atoms with Crippen molar-refractivity contribution in [3.05, 3.63) is 0 Å². The van der Waals surface area contributed by atoms with Gasteiger partial charge in [-0.2, -0.15) is 0 Å². The first-order chi connectivity index (χ1) is 4.17. The van der Waals surface area contributed by atoms with E-state index in [1.54, 1.807) is 0 Å². The van der Waals surface area contributed by atoms with Crippen LogP contribution in [0.15, 0.2) is 0 Å². The standard InChI is InChI=1S/C6H9B3/c1-4(2)6-5(3-7,8-6)9-6/h4H,3H2,1-2H3. The fourth-order valence-electron chi connectivity index (χ4n) is 1.93. The Morgan fingerprint density at radius 3 is 2.11 bits per heavy atom.